The highest BCUT2D eigenvalue weighted by Crippen LogP contribution is 2.17. The SMILES string of the molecule is CC(C)(ON=C(C(=O)N[C@H]1CN(C(=O)NS(=O)(=O)n2nc(-c3cc(=O)c(O)c[nH]3)n(C[C@@H](O)CO)c2=O)C1=O)c1csc(N)n1)C(=O)[O-]. The summed E-state index contributed by atoms with van der Waals surface area (Å²) >= 11 is 0.900. The summed E-state index contributed by atoms with van der Waals surface area (Å²) in [5, 5.41) is 50.5. The smallest absolute Gasteiger partial charge is 0.362 e. The van der Waals surface area contributed by atoms with E-state index in [1.54, 1.807) is 0 Å². The van der Waals surface area contributed by atoms with Crippen LogP contribution in [0.5, 0.6) is 5.75 Å². The number of aromatic amines is 1. The number of urea groups is 1. The number of hydrogen-bond acceptors (Lipinski definition) is 18. The molecule has 8 N–H and O–H groups in total. The molecule has 23 nitrogen and oxygen atoms in total. The fraction of sp³-hybridized carbons (Fsp3) is 0.348. The van der Waals surface area contributed by atoms with Gasteiger partial charge in [0.15, 0.2) is 28.0 Å². The Morgan fingerprint density at radius 2 is 2.00 bits per heavy atom. The maximum absolute atomic E-state index is 13.0. The Labute approximate surface area is 271 Å². The van der Waals surface area contributed by atoms with Crippen molar-refractivity contribution in [1.29, 1.82) is 0 Å². The molecule has 0 saturated carbocycles. The van der Waals surface area contributed by atoms with Gasteiger partial charge in [-0.2, -0.15) is 8.42 Å². The fourth-order valence-corrected chi connectivity index (χ4v) is 5.16. The number of thiazole rings is 1. The number of carbonyl (C=O) groups is 4. The number of nitrogens with two attached hydrogens (primary N) is 1. The van der Waals surface area contributed by atoms with Crippen LogP contribution in [-0.4, -0.2) is 113 Å². The number of carboxylic acid groups (broad SMARTS) is 1. The van der Waals surface area contributed by atoms with E-state index in [0.29, 0.717) is 9.47 Å². The highest BCUT2D eigenvalue weighted by atomic mass is 32.2. The molecule has 258 valence electrons. The highest BCUT2D eigenvalue weighted by Gasteiger charge is 2.44. The molecule has 3 aromatic rings. The number of carboxylic acids is 1. The van der Waals surface area contributed by atoms with E-state index in [0.717, 1.165) is 37.4 Å². The molecule has 3 aromatic heterocycles. The minimum absolute atomic E-state index is 0.00502. The van der Waals surface area contributed by atoms with E-state index in [4.69, 9.17) is 10.6 Å². The third-order valence-corrected chi connectivity index (χ3v) is 8.13. The molecule has 0 spiro atoms. The van der Waals surface area contributed by atoms with E-state index in [1.807, 2.05) is 0 Å². The van der Waals surface area contributed by atoms with Crippen LogP contribution in [0.25, 0.3) is 11.5 Å². The average molecular weight is 714 g/mol. The number of imide groups is 1. The lowest BCUT2D eigenvalue weighted by atomic mass is 10.1. The molecule has 0 bridgehead atoms. The van der Waals surface area contributed by atoms with Crippen LogP contribution >= 0.6 is 11.3 Å². The first-order valence-electron chi connectivity index (χ1n) is 13.2. The summed E-state index contributed by atoms with van der Waals surface area (Å²) in [5.74, 6) is -5.17. The quantitative estimate of drug-likeness (QED) is 0.0523. The van der Waals surface area contributed by atoms with Crippen molar-refractivity contribution >= 4 is 56.2 Å². The number of pyridine rings is 1. The van der Waals surface area contributed by atoms with E-state index in [-0.39, 0.29) is 20.6 Å². The maximum Gasteiger partial charge on any atom is 0.362 e. The van der Waals surface area contributed by atoms with Crippen molar-refractivity contribution in [2.24, 2.45) is 5.16 Å². The normalized spacial score (nSPS) is 15.8. The number of hydrogen-bond donors (Lipinski definition) is 7. The number of aliphatic hydroxyl groups excluding tert-OH is 2. The summed E-state index contributed by atoms with van der Waals surface area (Å²) in [5.41, 5.74) is 0.145. The zero-order chi connectivity index (χ0) is 35.7. The molecule has 2 atom stereocenters. The summed E-state index contributed by atoms with van der Waals surface area (Å²) in [4.78, 5) is 86.2. The molecule has 4 rings (SSSR count). The van der Waals surface area contributed by atoms with Crippen LogP contribution < -0.4 is 32.0 Å². The average Bonchev–Trinajstić information content (AvgIpc) is 3.58. The van der Waals surface area contributed by atoms with Gasteiger partial charge in [0, 0.05) is 17.6 Å². The Morgan fingerprint density at radius 3 is 2.56 bits per heavy atom. The van der Waals surface area contributed by atoms with Crippen molar-refractivity contribution in [3.8, 4) is 17.3 Å². The van der Waals surface area contributed by atoms with Gasteiger partial charge in [-0.15, -0.1) is 16.4 Å². The molecular weight excluding hydrogens is 688 g/mol. The first kappa shape index (κ1) is 35.2. The molecule has 0 radical (unpaired) electrons. The molecule has 1 aliphatic rings. The maximum atomic E-state index is 13.0. The summed E-state index contributed by atoms with van der Waals surface area (Å²) in [6.07, 6.45) is -0.783. The van der Waals surface area contributed by atoms with Crippen LogP contribution in [0.3, 0.4) is 0 Å². The monoisotopic (exact) mass is 713 g/mol. The number of aliphatic hydroxyl groups is 2. The van der Waals surface area contributed by atoms with Crippen LogP contribution in [0.2, 0.25) is 0 Å². The number of aromatic nitrogens is 5. The van der Waals surface area contributed by atoms with Gasteiger partial charge in [0.1, 0.15) is 11.7 Å². The van der Waals surface area contributed by atoms with Crippen molar-refractivity contribution in [3.63, 3.8) is 0 Å². The Kier molecular flexibility index (Phi) is 9.69. The summed E-state index contributed by atoms with van der Waals surface area (Å²) in [6.45, 7) is -0.00370. The number of H-pyrrole nitrogens is 1. The van der Waals surface area contributed by atoms with Gasteiger partial charge in [-0.05, 0) is 13.8 Å². The van der Waals surface area contributed by atoms with Crippen molar-refractivity contribution in [3.05, 3.63) is 44.0 Å². The number of anilines is 1. The Balaban J connectivity index is 1.52. The number of nitrogen functional groups attached to an aromatic ring is 1. The van der Waals surface area contributed by atoms with E-state index < -0.39 is 99.9 Å². The molecule has 1 aliphatic heterocycles. The molecule has 25 heteroatoms. The number of β-lactam (4-membered cyclic amide) rings is 1. The number of nitrogens with zero attached hydrogens (tertiary/aromatic N) is 6. The van der Waals surface area contributed by atoms with E-state index in [2.05, 4.69) is 25.5 Å². The van der Waals surface area contributed by atoms with Crippen molar-refractivity contribution < 1.29 is 52.9 Å². The lowest BCUT2D eigenvalue weighted by Crippen LogP contribution is -2.68. The van der Waals surface area contributed by atoms with Crippen LogP contribution in [0, 0.1) is 0 Å². The third-order valence-electron chi connectivity index (χ3n) is 6.33. The van der Waals surface area contributed by atoms with Crippen molar-refractivity contribution in [2.75, 3.05) is 18.9 Å². The largest absolute Gasteiger partial charge is 0.546 e. The van der Waals surface area contributed by atoms with Gasteiger partial charge < -0.3 is 46.1 Å². The van der Waals surface area contributed by atoms with E-state index in [9.17, 15) is 57.6 Å². The van der Waals surface area contributed by atoms with E-state index in [1.165, 1.54) is 10.1 Å². The minimum atomic E-state index is -5.22. The number of rotatable bonds is 12. The van der Waals surface area contributed by atoms with Crippen molar-refractivity contribution in [2.45, 2.75) is 38.1 Å². The number of likely N-dealkylation sites (tertiary alicyclic amines) is 1. The fourth-order valence-electron chi connectivity index (χ4n) is 3.71. The highest BCUT2D eigenvalue weighted by molar-refractivity contribution is 7.88. The van der Waals surface area contributed by atoms with Gasteiger partial charge >= 0.3 is 21.9 Å². The summed E-state index contributed by atoms with van der Waals surface area (Å²) in [7, 11) is -5.22. The zero-order valence-corrected chi connectivity index (χ0v) is 26.1. The molecule has 1 fully saturated rings. The molecule has 4 amide bonds. The van der Waals surface area contributed by atoms with Gasteiger partial charge in [0.05, 0.1) is 37.5 Å². The number of amides is 4. The van der Waals surface area contributed by atoms with Gasteiger partial charge in [0.25, 0.3) is 11.8 Å². The Hall–Kier alpha value is -5.66. The number of oxime groups is 1. The van der Waals surface area contributed by atoms with Crippen molar-refractivity contribution in [1.82, 2.24) is 38.7 Å². The molecule has 0 aliphatic carbocycles. The van der Waals surface area contributed by atoms with Crippen LogP contribution in [0.1, 0.15) is 19.5 Å². The number of aromatic hydroxyl groups is 1. The second-order valence-corrected chi connectivity index (χ2v) is 12.7. The lowest BCUT2D eigenvalue weighted by molar-refractivity contribution is -0.325. The Morgan fingerprint density at radius 1 is 1.31 bits per heavy atom. The minimum Gasteiger partial charge on any atom is -0.546 e. The molecular formula is C23H25N10O13S2-. The molecule has 1 saturated heterocycles. The molecule has 0 unspecified atom stereocenters. The van der Waals surface area contributed by atoms with Gasteiger partial charge in [-0.3, -0.25) is 23.9 Å². The molecule has 0 aromatic carbocycles. The second-order valence-electron chi connectivity index (χ2n) is 10.3. The first-order valence-corrected chi connectivity index (χ1v) is 15.5. The predicted molar refractivity (Wildman–Crippen MR) is 157 cm³/mol. The summed E-state index contributed by atoms with van der Waals surface area (Å²) in [6, 6.07) is -2.22. The van der Waals surface area contributed by atoms with Gasteiger partial charge in [0.2, 0.25) is 5.43 Å². The van der Waals surface area contributed by atoms with E-state index >= 15 is 0 Å². The standard InChI is InChI=1S/C23H26N10O13S2/c1-23(2,19(40)41)46-29-15(12-8-47-20(24)27-12)17(38)26-11-6-32(18(11)39)21(42)30-48(44,45)33-22(43)31(5-9(35)7-34)16(28-33)10-3-13(36)14(37)4-25-10/h3-4,8-9,11,34-35,37H,5-7H2,1-2H3,(H2,24,27)(H,25,36)(H,26,38)(H,30,42)(H,40,41)/p-1/t9-,11+/m1/s1. The first-order chi connectivity index (χ1) is 22.4. The van der Waals surface area contributed by atoms with Gasteiger partial charge in [-0.1, -0.05) is 9.24 Å². The van der Waals surface area contributed by atoms with Gasteiger partial charge in [-0.25, -0.2) is 19.3 Å². The Bertz CT molecular complexity index is 2050. The van der Waals surface area contributed by atoms with Crippen LogP contribution in [0.4, 0.5) is 9.93 Å². The lowest BCUT2D eigenvalue weighted by Gasteiger charge is -2.36. The molecule has 48 heavy (non-hydrogen) atoms. The third kappa shape index (κ3) is 7.17. The zero-order valence-electron chi connectivity index (χ0n) is 24.5. The number of nitrogens with one attached hydrogen (secondary N) is 3. The predicted octanol–water partition coefficient (Wildman–Crippen LogP) is -5.42. The number of aliphatic carboxylic acids is 1. The topological polar surface area (TPSA) is 347 Å². The molecule has 4 heterocycles. The van der Waals surface area contributed by atoms with Crippen LogP contribution in [0.15, 0.2) is 32.4 Å². The number of carbonyl (C=O) groups excluding carboxylic acids is 4. The van der Waals surface area contributed by atoms with Crippen LogP contribution in [-0.2, 0) is 36.0 Å². The summed E-state index contributed by atoms with van der Waals surface area (Å²) < 4.78 is 27.9. The second kappa shape index (κ2) is 13.2.